The smallest absolute Gasteiger partial charge is 0.266 e. The average Bonchev–Trinajstić information content (AvgIpc) is 2.82. The Morgan fingerprint density at radius 1 is 1.14 bits per heavy atom. The van der Waals surface area contributed by atoms with Gasteiger partial charge in [0.25, 0.3) is 5.56 Å². The van der Waals surface area contributed by atoms with E-state index in [0.717, 1.165) is 5.56 Å². The van der Waals surface area contributed by atoms with Crippen LogP contribution >= 0.6 is 0 Å². The molecule has 9 nitrogen and oxygen atoms in total. The van der Waals surface area contributed by atoms with Crippen molar-refractivity contribution in [2.24, 2.45) is 5.73 Å². The second kappa shape index (κ2) is 9.95. The number of hydrogen-bond acceptors (Lipinski definition) is 7. The van der Waals surface area contributed by atoms with Crippen molar-refractivity contribution in [3.8, 4) is 5.69 Å². The van der Waals surface area contributed by atoms with Gasteiger partial charge >= 0.3 is 0 Å². The molecule has 1 atom stereocenters. The van der Waals surface area contributed by atoms with Crippen molar-refractivity contribution in [2.75, 3.05) is 11.1 Å². The molecule has 0 bridgehead atoms. The Balaban J connectivity index is 1.94. The second-order valence-corrected chi connectivity index (χ2v) is 8.33. The molecule has 10 heteroatoms. The standard InChI is InChI=1S/C26H26FN7O2/c1-4-19(31-23-18(12-13-21(28)35)15(3)30-26(29)33-23)24-32-20-7-5-6-14(2)22(20)25(36)34(24)17-10-8-16(27)9-11-17/h5-13,19H,4H2,1-3H3,(H2,28,35)(H3,29,30,31,33)/b13-12+. The SMILES string of the molecule is CCC(Nc1nc(N)nc(C)c1/C=C/C(N)=O)c1nc2cccc(C)c2c(=O)n1-c1ccc(F)cc1. The van der Waals surface area contributed by atoms with Crippen molar-refractivity contribution in [1.29, 1.82) is 0 Å². The van der Waals surface area contributed by atoms with Crippen molar-refractivity contribution in [3.63, 3.8) is 0 Å². The van der Waals surface area contributed by atoms with Crippen LogP contribution in [0.25, 0.3) is 22.7 Å². The molecule has 0 saturated carbocycles. The molecule has 1 amide bonds. The summed E-state index contributed by atoms with van der Waals surface area (Å²) in [6, 6.07) is 10.6. The lowest BCUT2D eigenvalue weighted by atomic mass is 10.1. The largest absolute Gasteiger partial charge is 0.368 e. The monoisotopic (exact) mass is 487 g/mol. The zero-order chi connectivity index (χ0) is 26.0. The highest BCUT2D eigenvalue weighted by Crippen LogP contribution is 2.28. The fraction of sp³-hybridized carbons (Fsp3) is 0.192. The zero-order valence-electron chi connectivity index (χ0n) is 20.1. The van der Waals surface area contributed by atoms with Gasteiger partial charge in [0, 0.05) is 11.6 Å². The Bertz CT molecular complexity index is 1550. The first-order valence-electron chi connectivity index (χ1n) is 11.4. The van der Waals surface area contributed by atoms with Crippen molar-refractivity contribution in [3.05, 3.63) is 87.4 Å². The summed E-state index contributed by atoms with van der Waals surface area (Å²) in [5.41, 5.74) is 13.8. The third kappa shape index (κ3) is 4.78. The highest BCUT2D eigenvalue weighted by molar-refractivity contribution is 5.91. The summed E-state index contributed by atoms with van der Waals surface area (Å²) in [5.74, 6) is -0.234. The van der Waals surface area contributed by atoms with Crippen LogP contribution in [0, 0.1) is 19.7 Å². The molecule has 4 aromatic rings. The maximum atomic E-state index is 13.8. The van der Waals surface area contributed by atoms with Crippen molar-refractivity contribution >= 4 is 34.7 Å². The van der Waals surface area contributed by atoms with Crippen LogP contribution in [0.3, 0.4) is 0 Å². The van der Waals surface area contributed by atoms with Gasteiger partial charge in [0.15, 0.2) is 0 Å². The normalized spacial score (nSPS) is 12.2. The van der Waals surface area contributed by atoms with Gasteiger partial charge in [0.1, 0.15) is 17.5 Å². The van der Waals surface area contributed by atoms with E-state index in [1.807, 2.05) is 26.0 Å². The second-order valence-electron chi connectivity index (χ2n) is 8.33. The molecule has 36 heavy (non-hydrogen) atoms. The van der Waals surface area contributed by atoms with E-state index in [2.05, 4.69) is 15.3 Å². The first-order valence-corrected chi connectivity index (χ1v) is 11.4. The summed E-state index contributed by atoms with van der Waals surface area (Å²) in [6.45, 7) is 5.51. The van der Waals surface area contributed by atoms with Gasteiger partial charge in [0.2, 0.25) is 11.9 Å². The Morgan fingerprint density at radius 2 is 1.86 bits per heavy atom. The minimum atomic E-state index is -0.624. The maximum absolute atomic E-state index is 13.8. The molecule has 184 valence electrons. The van der Waals surface area contributed by atoms with Crippen molar-refractivity contribution < 1.29 is 9.18 Å². The number of anilines is 2. The third-order valence-electron chi connectivity index (χ3n) is 5.82. The van der Waals surface area contributed by atoms with E-state index >= 15 is 0 Å². The van der Waals surface area contributed by atoms with Crippen LogP contribution in [0.4, 0.5) is 16.2 Å². The Hall–Kier alpha value is -4.60. The summed E-state index contributed by atoms with van der Waals surface area (Å²) in [6.07, 6.45) is 3.22. The topological polar surface area (TPSA) is 142 Å². The Kier molecular flexibility index (Phi) is 6.77. The number of nitrogen functional groups attached to an aromatic ring is 1. The van der Waals surface area contributed by atoms with E-state index < -0.39 is 17.8 Å². The molecule has 0 saturated heterocycles. The van der Waals surface area contributed by atoms with Crippen LogP contribution in [0.2, 0.25) is 0 Å². The first kappa shape index (κ1) is 24.5. The fourth-order valence-electron chi connectivity index (χ4n) is 4.08. The molecule has 0 radical (unpaired) electrons. The number of nitrogens with two attached hydrogens (primary N) is 2. The predicted octanol–water partition coefficient (Wildman–Crippen LogP) is 3.58. The number of rotatable bonds is 7. The third-order valence-corrected chi connectivity index (χ3v) is 5.82. The molecule has 1 unspecified atom stereocenters. The number of carbonyl (C=O) groups is 1. The summed E-state index contributed by atoms with van der Waals surface area (Å²) < 4.78 is 15.2. The van der Waals surface area contributed by atoms with Gasteiger partial charge in [-0.2, -0.15) is 4.98 Å². The molecule has 0 aliphatic heterocycles. The van der Waals surface area contributed by atoms with E-state index in [1.165, 1.54) is 41.0 Å². The number of amides is 1. The van der Waals surface area contributed by atoms with Crippen LogP contribution in [-0.2, 0) is 4.79 Å². The lowest BCUT2D eigenvalue weighted by Gasteiger charge is -2.23. The minimum absolute atomic E-state index is 0.0408. The summed E-state index contributed by atoms with van der Waals surface area (Å²) in [7, 11) is 0. The quantitative estimate of drug-likeness (QED) is 0.338. The fourth-order valence-corrected chi connectivity index (χ4v) is 4.08. The number of primary amides is 1. The lowest BCUT2D eigenvalue weighted by Crippen LogP contribution is -2.29. The highest BCUT2D eigenvalue weighted by atomic mass is 19.1. The van der Waals surface area contributed by atoms with Gasteiger partial charge in [-0.25, -0.2) is 14.4 Å². The molecular formula is C26H26FN7O2. The Labute approximate surface area is 206 Å². The number of fused-ring (bicyclic) bond motifs is 1. The number of carbonyl (C=O) groups excluding carboxylic acids is 1. The molecule has 0 spiro atoms. The number of nitrogens with zero attached hydrogens (tertiary/aromatic N) is 4. The van der Waals surface area contributed by atoms with Crippen molar-refractivity contribution in [1.82, 2.24) is 19.5 Å². The first-order chi connectivity index (χ1) is 17.2. The lowest BCUT2D eigenvalue weighted by molar-refractivity contribution is -0.113. The van der Waals surface area contributed by atoms with Crippen LogP contribution in [0.1, 0.15) is 42.0 Å². The predicted molar refractivity (Wildman–Crippen MR) is 138 cm³/mol. The molecule has 2 heterocycles. The van der Waals surface area contributed by atoms with E-state index in [-0.39, 0.29) is 11.5 Å². The number of aromatic nitrogens is 4. The van der Waals surface area contributed by atoms with E-state index in [9.17, 15) is 14.0 Å². The Morgan fingerprint density at radius 3 is 2.53 bits per heavy atom. The van der Waals surface area contributed by atoms with Gasteiger partial charge in [-0.3, -0.25) is 14.2 Å². The van der Waals surface area contributed by atoms with Gasteiger partial charge in [-0.1, -0.05) is 19.1 Å². The molecule has 0 aliphatic rings. The molecule has 5 N–H and O–H groups in total. The van der Waals surface area contributed by atoms with Crippen LogP contribution in [0.5, 0.6) is 0 Å². The van der Waals surface area contributed by atoms with Gasteiger partial charge in [-0.15, -0.1) is 0 Å². The molecule has 4 rings (SSSR count). The molecule has 0 aliphatic carbocycles. The summed E-state index contributed by atoms with van der Waals surface area (Å²) in [4.78, 5) is 38.5. The molecular weight excluding hydrogens is 461 g/mol. The highest BCUT2D eigenvalue weighted by Gasteiger charge is 2.23. The van der Waals surface area contributed by atoms with Gasteiger partial charge in [-0.05, 0) is 62.2 Å². The van der Waals surface area contributed by atoms with E-state index in [4.69, 9.17) is 16.5 Å². The summed E-state index contributed by atoms with van der Waals surface area (Å²) in [5, 5.41) is 3.80. The maximum Gasteiger partial charge on any atom is 0.266 e. The number of halogens is 1. The number of benzene rings is 2. The van der Waals surface area contributed by atoms with Crippen molar-refractivity contribution in [2.45, 2.75) is 33.2 Å². The van der Waals surface area contributed by atoms with E-state index in [1.54, 1.807) is 13.0 Å². The minimum Gasteiger partial charge on any atom is -0.368 e. The number of aryl methyl sites for hydroxylation is 2. The molecule has 2 aromatic carbocycles. The average molecular weight is 488 g/mol. The van der Waals surface area contributed by atoms with Crippen LogP contribution in [0.15, 0.2) is 53.3 Å². The van der Waals surface area contributed by atoms with E-state index in [0.29, 0.717) is 45.9 Å². The number of hydrogen-bond donors (Lipinski definition) is 3. The van der Waals surface area contributed by atoms with Crippen LogP contribution < -0.4 is 22.3 Å². The van der Waals surface area contributed by atoms with Gasteiger partial charge in [0.05, 0.1) is 28.3 Å². The van der Waals surface area contributed by atoms with Gasteiger partial charge < -0.3 is 16.8 Å². The molecule has 2 aromatic heterocycles. The van der Waals surface area contributed by atoms with Crippen LogP contribution in [-0.4, -0.2) is 25.4 Å². The number of nitrogens with one attached hydrogen (secondary N) is 1. The molecule has 0 fully saturated rings. The zero-order valence-corrected chi connectivity index (χ0v) is 20.1. The summed E-state index contributed by atoms with van der Waals surface area (Å²) >= 11 is 0.